The predicted octanol–water partition coefficient (Wildman–Crippen LogP) is 2.30. The molecule has 4 heterocycles. The number of nitrogens with zero attached hydrogens (tertiary/aromatic N) is 6. The Morgan fingerprint density at radius 3 is 2.37 bits per heavy atom. The van der Waals surface area contributed by atoms with Gasteiger partial charge in [0.2, 0.25) is 0 Å². The zero-order valence-electron chi connectivity index (χ0n) is 17.3. The van der Waals surface area contributed by atoms with Crippen LogP contribution in [0.15, 0.2) is 51.9 Å². The van der Waals surface area contributed by atoms with Crippen LogP contribution in [0.1, 0.15) is 32.0 Å². The molecule has 8 nitrogen and oxygen atoms in total. The first-order chi connectivity index (χ1) is 14.2. The van der Waals surface area contributed by atoms with Crippen molar-refractivity contribution >= 4 is 27.3 Å². The summed E-state index contributed by atoms with van der Waals surface area (Å²) in [6.07, 6.45) is 1.99. The summed E-state index contributed by atoms with van der Waals surface area (Å²) < 4.78 is 30.6. The fourth-order valence-electron chi connectivity index (χ4n) is 3.87. The normalized spacial score (nSPS) is 18.6. The minimum Gasteiger partial charge on any atom is -0.352 e. The summed E-state index contributed by atoms with van der Waals surface area (Å²) in [7, 11) is -3.59. The largest absolute Gasteiger partial charge is 0.352 e. The molecule has 5 rings (SSSR count). The molecule has 0 N–H and O–H groups in total. The number of aromatic nitrogens is 3. The van der Waals surface area contributed by atoms with Gasteiger partial charge in [0.1, 0.15) is 10.7 Å². The Hall–Kier alpha value is -2.94. The lowest BCUT2D eigenvalue weighted by molar-refractivity contribution is 0.385. The third-order valence-electron chi connectivity index (χ3n) is 5.59. The van der Waals surface area contributed by atoms with Crippen molar-refractivity contribution < 1.29 is 8.42 Å². The fourth-order valence-corrected chi connectivity index (χ4v) is 5.09. The molecule has 30 heavy (non-hydrogen) atoms. The smallest absolute Gasteiger partial charge is 0.285 e. The highest BCUT2D eigenvalue weighted by Gasteiger charge is 2.33. The summed E-state index contributed by atoms with van der Waals surface area (Å²) in [5.74, 6) is 1.44. The van der Waals surface area contributed by atoms with E-state index in [0.717, 1.165) is 30.2 Å². The molecular weight excluding hydrogens is 400 g/mol. The summed E-state index contributed by atoms with van der Waals surface area (Å²) in [5, 5.41) is 4.75. The van der Waals surface area contributed by atoms with E-state index in [-0.39, 0.29) is 5.41 Å². The zero-order chi connectivity index (χ0) is 21.1. The lowest BCUT2D eigenvalue weighted by Gasteiger charge is -2.36. The third-order valence-corrected chi connectivity index (χ3v) is 6.92. The maximum absolute atomic E-state index is 12.3. The Balaban J connectivity index is 1.35. The van der Waals surface area contributed by atoms with Gasteiger partial charge in [0, 0.05) is 37.2 Å². The number of hydrogen-bond acceptors (Lipinski definition) is 6. The maximum atomic E-state index is 12.3. The van der Waals surface area contributed by atoms with Gasteiger partial charge >= 0.3 is 0 Å². The van der Waals surface area contributed by atoms with Crippen molar-refractivity contribution in [2.45, 2.75) is 31.1 Å². The number of hydrogen-bond donors (Lipinski definition) is 0. The molecule has 0 unspecified atom stereocenters. The number of sulfonamides is 1. The monoisotopic (exact) mass is 424 g/mol. The van der Waals surface area contributed by atoms with Gasteiger partial charge < -0.3 is 9.80 Å². The van der Waals surface area contributed by atoms with Crippen molar-refractivity contribution in [3.63, 3.8) is 0 Å². The molecule has 1 fully saturated rings. The second-order valence-corrected chi connectivity index (χ2v) is 10.3. The van der Waals surface area contributed by atoms with Crippen molar-refractivity contribution in [1.29, 1.82) is 0 Å². The van der Waals surface area contributed by atoms with Crippen molar-refractivity contribution in [3.05, 3.63) is 53.9 Å². The molecule has 0 atom stereocenters. The molecule has 2 aliphatic heterocycles. The van der Waals surface area contributed by atoms with Crippen LogP contribution in [0.3, 0.4) is 0 Å². The molecular formula is C21H24N6O2S. The molecule has 156 valence electrons. The Morgan fingerprint density at radius 2 is 1.63 bits per heavy atom. The lowest BCUT2D eigenvalue weighted by Crippen LogP contribution is -2.49. The topological polar surface area (TPSA) is 83.2 Å². The fraction of sp³-hybridized carbons (Fsp3) is 0.381. The third kappa shape index (κ3) is 3.13. The number of benzene rings is 1. The molecule has 0 radical (unpaired) electrons. The van der Waals surface area contributed by atoms with Gasteiger partial charge in [-0.2, -0.15) is 8.42 Å². The van der Waals surface area contributed by atoms with Gasteiger partial charge in [-0.25, -0.2) is 9.50 Å². The number of anilines is 1. The number of piperazine rings is 1. The molecule has 0 amide bonds. The highest BCUT2D eigenvalue weighted by Crippen LogP contribution is 2.28. The minimum absolute atomic E-state index is 0.0296. The number of imidazole rings is 1. The van der Waals surface area contributed by atoms with E-state index < -0.39 is 10.0 Å². The van der Waals surface area contributed by atoms with E-state index >= 15 is 0 Å². The van der Waals surface area contributed by atoms with Crippen molar-refractivity contribution in [2.24, 2.45) is 4.40 Å². The zero-order valence-corrected chi connectivity index (χ0v) is 18.1. The Kier molecular flexibility index (Phi) is 4.15. The van der Waals surface area contributed by atoms with Gasteiger partial charge in [-0.3, -0.25) is 0 Å². The Labute approximate surface area is 175 Å². The van der Waals surface area contributed by atoms with Crippen LogP contribution in [0.25, 0.3) is 5.65 Å². The van der Waals surface area contributed by atoms with Crippen LogP contribution in [0.4, 0.5) is 5.82 Å². The number of rotatable bonds is 1. The van der Waals surface area contributed by atoms with Crippen molar-refractivity contribution in [3.8, 4) is 0 Å². The van der Waals surface area contributed by atoms with Crippen molar-refractivity contribution in [2.75, 3.05) is 31.1 Å². The van der Waals surface area contributed by atoms with E-state index in [1.165, 1.54) is 0 Å². The first-order valence-electron chi connectivity index (χ1n) is 10.0. The molecule has 1 aromatic carbocycles. The summed E-state index contributed by atoms with van der Waals surface area (Å²) in [6.45, 7) is 9.25. The molecule has 0 aliphatic carbocycles. The van der Waals surface area contributed by atoms with Crippen molar-refractivity contribution in [1.82, 2.24) is 19.5 Å². The van der Waals surface area contributed by atoms with Gasteiger partial charge in [-0.1, -0.05) is 32.9 Å². The molecule has 9 heteroatoms. The average Bonchev–Trinajstić information content (AvgIpc) is 3.27. The van der Waals surface area contributed by atoms with E-state index in [0.29, 0.717) is 29.4 Å². The second-order valence-electron chi connectivity index (χ2n) is 8.73. The average molecular weight is 425 g/mol. The van der Waals surface area contributed by atoms with Crippen LogP contribution in [-0.4, -0.2) is 59.9 Å². The standard InChI is InChI=1S/C21H24N6O2S/c1-21(2,3)17-14-27-18(22-17)8-9-19(23-27)25-10-12-26(13-11-25)20-15-6-4-5-7-16(15)30(28,29)24-20/h4-9,14H,10-13H2,1-3H3. The van der Waals surface area contributed by atoms with Gasteiger partial charge in [0.15, 0.2) is 11.5 Å². The van der Waals surface area contributed by atoms with Crippen LogP contribution in [0.5, 0.6) is 0 Å². The predicted molar refractivity (Wildman–Crippen MR) is 116 cm³/mol. The highest BCUT2D eigenvalue weighted by molar-refractivity contribution is 7.90. The SMILES string of the molecule is CC(C)(C)c1cn2nc(N3CCN(C4=NS(=O)(=O)c5ccccc54)CC3)ccc2n1. The second kappa shape index (κ2) is 6.53. The summed E-state index contributed by atoms with van der Waals surface area (Å²) in [6, 6.07) is 11.0. The maximum Gasteiger partial charge on any atom is 0.285 e. The van der Waals surface area contributed by atoms with E-state index in [4.69, 9.17) is 5.10 Å². The van der Waals surface area contributed by atoms with Gasteiger partial charge in [0.05, 0.1) is 11.9 Å². The van der Waals surface area contributed by atoms with E-state index in [2.05, 4.69) is 35.1 Å². The van der Waals surface area contributed by atoms with E-state index in [1.807, 2.05) is 39.9 Å². The van der Waals surface area contributed by atoms with Crippen LogP contribution in [-0.2, 0) is 15.4 Å². The molecule has 0 saturated carbocycles. The number of fused-ring (bicyclic) bond motifs is 2. The first-order valence-corrected chi connectivity index (χ1v) is 11.5. The van der Waals surface area contributed by atoms with E-state index in [1.54, 1.807) is 12.1 Å². The summed E-state index contributed by atoms with van der Waals surface area (Å²) in [4.78, 5) is 9.23. The first kappa shape index (κ1) is 19.0. The van der Waals surface area contributed by atoms with Crippen LogP contribution in [0, 0.1) is 0 Å². The van der Waals surface area contributed by atoms with Gasteiger partial charge in [0.25, 0.3) is 10.0 Å². The molecule has 0 bridgehead atoms. The molecule has 1 saturated heterocycles. The van der Waals surface area contributed by atoms with Crippen LogP contribution < -0.4 is 4.90 Å². The minimum atomic E-state index is -3.59. The Bertz CT molecular complexity index is 1260. The molecule has 2 aromatic heterocycles. The molecule has 0 spiro atoms. The summed E-state index contributed by atoms with van der Waals surface area (Å²) in [5.41, 5.74) is 2.51. The highest BCUT2D eigenvalue weighted by atomic mass is 32.2. The van der Waals surface area contributed by atoms with Gasteiger partial charge in [-0.05, 0) is 24.3 Å². The lowest BCUT2D eigenvalue weighted by atomic mass is 9.93. The summed E-state index contributed by atoms with van der Waals surface area (Å²) >= 11 is 0. The molecule has 2 aliphatic rings. The van der Waals surface area contributed by atoms with Crippen LogP contribution in [0.2, 0.25) is 0 Å². The van der Waals surface area contributed by atoms with E-state index in [9.17, 15) is 8.42 Å². The van der Waals surface area contributed by atoms with Gasteiger partial charge in [-0.15, -0.1) is 9.50 Å². The molecule has 3 aromatic rings. The number of amidine groups is 1. The Morgan fingerprint density at radius 1 is 0.933 bits per heavy atom. The quantitative estimate of drug-likeness (QED) is 0.596. The van der Waals surface area contributed by atoms with Crippen LogP contribution >= 0.6 is 0 Å².